The lowest BCUT2D eigenvalue weighted by molar-refractivity contribution is -0.122. The van der Waals surface area contributed by atoms with Crippen LogP contribution in [0.15, 0.2) is 54.6 Å². The Kier molecular flexibility index (Phi) is 9.76. The van der Waals surface area contributed by atoms with Gasteiger partial charge in [0.1, 0.15) is 24.1 Å². The number of nitriles is 1. The Balaban J connectivity index is 0.00000119. The van der Waals surface area contributed by atoms with E-state index in [1.54, 1.807) is 12.1 Å². The molecule has 0 aliphatic carbocycles. The molecule has 0 bridgehead atoms. The number of hydrogen-bond donors (Lipinski definition) is 1. The maximum atomic E-state index is 14.3. The van der Waals surface area contributed by atoms with Crippen molar-refractivity contribution in [1.82, 2.24) is 19.4 Å². The van der Waals surface area contributed by atoms with Crippen LogP contribution < -0.4 is 9.64 Å². The summed E-state index contributed by atoms with van der Waals surface area (Å²) in [7, 11) is 0. The number of fused-ring (bicyclic) bond motifs is 2. The van der Waals surface area contributed by atoms with E-state index in [9.17, 15) is 4.39 Å². The molecular formula is C35H39FN6O4. The molecule has 5 heterocycles. The summed E-state index contributed by atoms with van der Waals surface area (Å²) >= 11 is 0. The van der Waals surface area contributed by atoms with Crippen molar-refractivity contribution in [2.24, 2.45) is 11.8 Å². The van der Waals surface area contributed by atoms with Gasteiger partial charge in [0, 0.05) is 37.9 Å². The Morgan fingerprint density at radius 2 is 1.89 bits per heavy atom. The molecule has 3 aliphatic heterocycles. The molecule has 3 saturated heterocycles. The Morgan fingerprint density at radius 3 is 2.65 bits per heavy atom. The second-order valence-electron chi connectivity index (χ2n) is 12.3. The molecule has 0 spiro atoms. The number of piperidine rings is 2. The lowest BCUT2D eigenvalue weighted by Gasteiger charge is -2.45. The molecule has 240 valence electrons. The second-order valence-corrected chi connectivity index (χ2v) is 12.3. The van der Waals surface area contributed by atoms with Crippen LogP contribution in [0, 0.1) is 35.9 Å². The standard InChI is InChI=1S/C34H37FN6O2.CH2O2/c1-23-5-8-30-31(15-23)41(20-28-11-14-42-28)33(37-30)21-39-12-9-26-19-40(13-10-25(26)18-39)32-3-2-4-34(38-32)43-22-27-7-6-24(17-36)16-29(27)35;2-1-3/h2-8,15-16,25-26,28H,9-14,18-22H2,1H3;1H,(H,2,3). The zero-order valence-electron chi connectivity index (χ0n) is 26.0. The van der Waals surface area contributed by atoms with E-state index < -0.39 is 5.82 Å². The largest absolute Gasteiger partial charge is 0.483 e. The Morgan fingerprint density at radius 1 is 1.09 bits per heavy atom. The molecule has 7 rings (SSSR count). The first-order valence-corrected chi connectivity index (χ1v) is 15.8. The quantitative estimate of drug-likeness (QED) is 0.265. The van der Waals surface area contributed by atoms with Crippen LogP contribution in [0.2, 0.25) is 0 Å². The van der Waals surface area contributed by atoms with Gasteiger partial charge in [0.25, 0.3) is 6.47 Å². The number of pyridine rings is 1. The maximum absolute atomic E-state index is 14.3. The van der Waals surface area contributed by atoms with E-state index in [2.05, 4.69) is 39.5 Å². The van der Waals surface area contributed by atoms with Crippen molar-refractivity contribution in [3.05, 3.63) is 82.9 Å². The van der Waals surface area contributed by atoms with Crippen molar-refractivity contribution < 1.29 is 23.8 Å². The molecule has 3 unspecified atom stereocenters. The number of benzene rings is 2. The first kappa shape index (κ1) is 31.5. The van der Waals surface area contributed by atoms with Crippen molar-refractivity contribution in [2.45, 2.75) is 52.0 Å². The molecule has 11 heteroatoms. The van der Waals surface area contributed by atoms with Gasteiger partial charge in [0.2, 0.25) is 5.88 Å². The van der Waals surface area contributed by atoms with Crippen molar-refractivity contribution in [1.29, 1.82) is 5.26 Å². The van der Waals surface area contributed by atoms with Gasteiger partial charge < -0.3 is 24.0 Å². The SMILES string of the molecule is Cc1ccc2nc(CN3CCC4CN(c5cccc(OCc6ccc(C#N)cc6F)n5)CCC4C3)n(CC3CCO3)c2c1.O=CO. The number of aromatic nitrogens is 3. The van der Waals surface area contributed by atoms with E-state index in [4.69, 9.17) is 34.6 Å². The molecule has 4 aromatic rings. The summed E-state index contributed by atoms with van der Waals surface area (Å²) in [6.07, 6.45) is 3.69. The minimum Gasteiger partial charge on any atom is -0.483 e. The van der Waals surface area contributed by atoms with Gasteiger partial charge in [-0.25, -0.2) is 9.37 Å². The summed E-state index contributed by atoms with van der Waals surface area (Å²) in [6.45, 7) is 8.65. The number of nitrogens with zero attached hydrogens (tertiary/aromatic N) is 6. The zero-order valence-corrected chi connectivity index (χ0v) is 26.0. The van der Waals surface area contributed by atoms with Crippen LogP contribution in [-0.2, 0) is 29.2 Å². The van der Waals surface area contributed by atoms with Crippen LogP contribution >= 0.6 is 0 Å². The number of aryl methyl sites for hydroxylation is 1. The molecule has 46 heavy (non-hydrogen) atoms. The first-order chi connectivity index (χ1) is 22.4. The monoisotopic (exact) mass is 626 g/mol. The van der Waals surface area contributed by atoms with E-state index in [1.165, 1.54) is 17.1 Å². The molecule has 3 fully saturated rings. The van der Waals surface area contributed by atoms with Crippen LogP contribution in [-0.4, -0.2) is 69.9 Å². The van der Waals surface area contributed by atoms with E-state index in [1.807, 2.05) is 24.3 Å². The molecule has 2 aromatic heterocycles. The van der Waals surface area contributed by atoms with Crippen LogP contribution in [0.4, 0.5) is 10.2 Å². The summed E-state index contributed by atoms with van der Waals surface area (Å²) in [5.41, 5.74) is 4.25. The predicted octanol–water partition coefficient (Wildman–Crippen LogP) is 5.17. The van der Waals surface area contributed by atoms with Crippen LogP contribution in [0.3, 0.4) is 0 Å². The number of imidazole rings is 1. The van der Waals surface area contributed by atoms with Crippen molar-refractivity contribution in [3.8, 4) is 11.9 Å². The van der Waals surface area contributed by atoms with Crippen LogP contribution in [0.1, 0.15) is 41.8 Å². The summed E-state index contributed by atoms with van der Waals surface area (Å²) in [6, 6.07) is 18.7. The number of carboxylic acid groups (broad SMARTS) is 1. The molecule has 1 N–H and O–H groups in total. The van der Waals surface area contributed by atoms with Crippen molar-refractivity contribution in [2.75, 3.05) is 37.7 Å². The summed E-state index contributed by atoms with van der Waals surface area (Å²) in [4.78, 5) is 23.2. The molecule has 0 radical (unpaired) electrons. The average Bonchev–Trinajstić information content (AvgIpc) is 3.37. The van der Waals surface area contributed by atoms with Gasteiger partial charge in [-0.2, -0.15) is 10.2 Å². The first-order valence-electron chi connectivity index (χ1n) is 15.8. The normalized spacial score (nSPS) is 21.0. The van der Waals surface area contributed by atoms with Crippen LogP contribution in [0.5, 0.6) is 5.88 Å². The van der Waals surface area contributed by atoms with Gasteiger partial charge >= 0.3 is 0 Å². The summed E-state index contributed by atoms with van der Waals surface area (Å²) in [5, 5.41) is 15.9. The number of ether oxygens (including phenoxy) is 2. The molecule has 3 atom stereocenters. The van der Waals surface area contributed by atoms with E-state index in [0.29, 0.717) is 34.9 Å². The average molecular weight is 627 g/mol. The Labute approximate surface area is 268 Å². The second kappa shape index (κ2) is 14.3. The third-order valence-corrected chi connectivity index (χ3v) is 9.32. The fraction of sp³-hybridized carbons (Fsp3) is 0.429. The highest BCUT2D eigenvalue weighted by Gasteiger charge is 2.35. The van der Waals surface area contributed by atoms with E-state index in [0.717, 1.165) is 82.3 Å². The Bertz CT molecular complexity index is 1720. The highest BCUT2D eigenvalue weighted by molar-refractivity contribution is 5.77. The minimum absolute atomic E-state index is 0.0651. The number of hydrogen-bond acceptors (Lipinski definition) is 8. The molecule has 0 saturated carbocycles. The number of carbonyl (C=O) groups is 1. The van der Waals surface area contributed by atoms with E-state index >= 15 is 0 Å². The minimum atomic E-state index is -0.441. The van der Waals surface area contributed by atoms with Gasteiger partial charge in [0.15, 0.2) is 0 Å². The van der Waals surface area contributed by atoms with Crippen LogP contribution in [0.25, 0.3) is 11.0 Å². The van der Waals surface area contributed by atoms with Crippen molar-refractivity contribution in [3.63, 3.8) is 0 Å². The highest BCUT2D eigenvalue weighted by Crippen LogP contribution is 2.34. The fourth-order valence-electron chi connectivity index (χ4n) is 6.76. The lowest BCUT2D eigenvalue weighted by Crippen LogP contribution is -2.49. The summed E-state index contributed by atoms with van der Waals surface area (Å²) < 4.78 is 28.3. The number of anilines is 1. The van der Waals surface area contributed by atoms with Gasteiger partial charge in [-0.05, 0) is 80.5 Å². The van der Waals surface area contributed by atoms with E-state index in [-0.39, 0.29) is 13.1 Å². The van der Waals surface area contributed by atoms with Gasteiger partial charge in [-0.1, -0.05) is 18.2 Å². The number of halogens is 1. The number of rotatable bonds is 8. The third kappa shape index (κ3) is 7.14. The highest BCUT2D eigenvalue weighted by atomic mass is 19.1. The smallest absolute Gasteiger partial charge is 0.290 e. The molecule has 3 aliphatic rings. The number of likely N-dealkylation sites (tertiary alicyclic amines) is 1. The van der Waals surface area contributed by atoms with Gasteiger partial charge in [0.05, 0.1) is 41.9 Å². The Hall–Kier alpha value is -4.53. The van der Waals surface area contributed by atoms with Gasteiger partial charge in [-0.3, -0.25) is 9.69 Å². The molecular weight excluding hydrogens is 587 g/mol. The fourth-order valence-corrected chi connectivity index (χ4v) is 6.76. The third-order valence-electron chi connectivity index (χ3n) is 9.32. The maximum Gasteiger partial charge on any atom is 0.290 e. The lowest BCUT2D eigenvalue weighted by atomic mass is 9.80. The predicted molar refractivity (Wildman–Crippen MR) is 171 cm³/mol. The molecule has 2 aromatic carbocycles. The molecule has 0 amide bonds. The van der Waals surface area contributed by atoms with Crippen molar-refractivity contribution >= 4 is 23.3 Å². The van der Waals surface area contributed by atoms with Gasteiger partial charge in [-0.15, -0.1) is 0 Å². The topological polar surface area (TPSA) is 117 Å². The molecule has 10 nitrogen and oxygen atoms in total. The zero-order chi connectivity index (χ0) is 32.0. The summed E-state index contributed by atoms with van der Waals surface area (Å²) in [5.74, 6) is 3.36.